The number of carbonyl (C=O) groups excluding carboxylic acids is 1. The quantitative estimate of drug-likeness (QED) is 0.618. The molecule has 1 saturated heterocycles. The Hall–Kier alpha value is -3.27. The fourth-order valence-electron chi connectivity index (χ4n) is 3.14. The molecule has 1 atom stereocenters. The van der Waals surface area contributed by atoms with Crippen molar-refractivity contribution in [3.8, 4) is 17.1 Å². The van der Waals surface area contributed by atoms with E-state index < -0.39 is 17.3 Å². The van der Waals surface area contributed by atoms with E-state index >= 15 is 0 Å². The predicted octanol–water partition coefficient (Wildman–Crippen LogP) is 1.74. The van der Waals surface area contributed by atoms with Crippen LogP contribution in [0.2, 0.25) is 0 Å². The number of aromatic amines is 2. The molecule has 1 amide bonds. The second kappa shape index (κ2) is 7.39. The van der Waals surface area contributed by atoms with Gasteiger partial charge in [-0.2, -0.15) is 5.10 Å². The molecule has 1 aliphatic heterocycles. The number of benzene rings is 1. The van der Waals surface area contributed by atoms with E-state index in [1.807, 2.05) is 0 Å². The first kappa shape index (κ1) is 18.1. The minimum atomic E-state index is -1.17. The minimum absolute atomic E-state index is 0.00542. The fourth-order valence-corrected chi connectivity index (χ4v) is 3.14. The number of ether oxygens (including phenoxy) is 1. The molecule has 8 nitrogen and oxygen atoms in total. The lowest BCUT2D eigenvalue weighted by Gasteiger charge is -2.09. The second-order valence-electron chi connectivity index (χ2n) is 6.41. The number of aromatic nitrogens is 4. The molecule has 0 radical (unpaired) electrons. The van der Waals surface area contributed by atoms with Crippen LogP contribution in [-0.2, 0) is 4.74 Å². The molecule has 0 spiro atoms. The van der Waals surface area contributed by atoms with Gasteiger partial charge in [0.1, 0.15) is 5.69 Å². The number of hydrogen-bond acceptors (Lipinski definition) is 4. The number of halogens is 2. The number of nitrogens with one attached hydrogen (secondary N) is 3. The number of rotatable bonds is 5. The summed E-state index contributed by atoms with van der Waals surface area (Å²) in [4.78, 5) is 27.2. The zero-order valence-electron chi connectivity index (χ0n) is 14.7. The van der Waals surface area contributed by atoms with Crippen LogP contribution in [-0.4, -0.2) is 44.9 Å². The first-order chi connectivity index (χ1) is 13.5. The molecule has 28 heavy (non-hydrogen) atoms. The lowest BCUT2D eigenvalue weighted by molar-refractivity contribution is 0.0854. The maximum Gasteiger partial charge on any atom is 0.348 e. The largest absolute Gasteiger partial charge is 0.376 e. The van der Waals surface area contributed by atoms with Gasteiger partial charge in [0.05, 0.1) is 11.8 Å². The second-order valence-corrected chi connectivity index (χ2v) is 6.41. The highest BCUT2D eigenvalue weighted by atomic mass is 19.2. The van der Waals surface area contributed by atoms with E-state index in [9.17, 15) is 18.4 Å². The first-order valence-corrected chi connectivity index (χ1v) is 8.75. The molecule has 0 saturated carbocycles. The van der Waals surface area contributed by atoms with Crippen molar-refractivity contribution in [2.75, 3.05) is 13.2 Å². The van der Waals surface area contributed by atoms with Crippen molar-refractivity contribution in [3.05, 3.63) is 58.3 Å². The molecule has 0 unspecified atom stereocenters. The van der Waals surface area contributed by atoms with Crippen LogP contribution in [0, 0.1) is 11.6 Å². The van der Waals surface area contributed by atoms with Crippen LogP contribution in [0.5, 0.6) is 0 Å². The number of nitrogens with zero attached hydrogens (tertiary/aromatic N) is 2. The summed E-state index contributed by atoms with van der Waals surface area (Å²) in [7, 11) is 0. The summed E-state index contributed by atoms with van der Waals surface area (Å²) in [6, 6.07) is 4.99. The van der Waals surface area contributed by atoms with Gasteiger partial charge in [-0.25, -0.2) is 23.2 Å². The Bertz CT molecular complexity index is 1070. The van der Waals surface area contributed by atoms with E-state index in [0.29, 0.717) is 18.7 Å². The number of H-pyrrole nitrogens is 2. The fraction of sp³-hybridized carbons (Fsp3) is 0.278. The standard InChI is InChI=1S/C18H17F2N5O3/c19-12-4-1-5-14(15(12)20)25-16(23-24-18(25)27)10-7-13(21-8-10)17(26)22-9-11-3-2-6-28-11/h1,4-5,7-8,11,21H,2-3,6,9H2,(H,22,26)(H,24,27)/t11-/m0/s1. The zero-order chi connectivity index (χ0) is 19.7. The van der Waals surface area contributed by atoms with Gasteiger partial charge in [-0.15, -0.1) is 0 Å². The first-order valence-electron chi connectivity index (χ1n) is 8.75. The predicted molar refractivity (Wildman–Crippen MR) is 95.2 cm³/mol. The minimum Gasteiger partial charge on any atom is -0.376 e. The van der Waals surface area contributed by atoms with Crippen LogP contribution in [0.15, 0.2) is 35.3 Å². The highest BCUT2D eigenvalue weighted by molar-refractivity contribution is 5.93. The Balaban J connectivity index is 1.60. The summed E-state index contributed by atoms with van der Waals surface area (Å²) >= 11 is 0. The molecule has 1 fully saturated rings. The molecule has 1 aromatic carbocycles. The van der Waals surface area contributed by atoms with Crippen LogP contribution >= 0.6 is 0 Å². The van der Waals surface area contributed by atoms with Crippen molar-refractivity contribution in [3.63, 3.8) is 0 Å². The van der Waals surface area contributed by atoms with Crippen molar-refractivity contribution in [2.24, 2.45) is 0 Å². The van der Waals surface area contributed by atoms with Gasteiger partial charge in [-0.3, -0.25) is 4.79 Å². The Morgan fingerprint density at radius 2 is 2.25 bits per heavy atom. The Labute approximate surface area is 157 Å². The van der Waals surface area contributed by atoms with Gasteiger partial charge < -0.3 is 15.0 Å². The summed E-state index contributed by atoms with van der Waals surface area (Å²) in [6.45, 7) is 1.09. The molecule has 2 aromatic heterocycles. The molecular weight excluding hydrogens is 372 g/mol. The van der Waals surface area contributed by atoms with Gasteiger partial charge in [0.25, 0.3) is 5.91 Å². The number of hydrogen-bond donors (Lipinski definition) is 3. The average Bonchev–Trinajstić information content (AvgIpc) is 3.43. The summed E-state index contributed by atoms with van der Waals surface area (Å²) in [6.07, 6.45) is 3.34. The van der Waals surface area contributed by atoms with Crippen molar-refractivity contribution < 1.29 is 18.3 Å². The Morgan fingerprint density at radius 3 is 3.04 bits per heavy atom. The summed E-state index contributed by atoms with van der Waals surface area (Å²) in [5.41, 5.74) is -0.400. The molecule has 3 heterocycles. The molecule has 146 valence electrons. The molecular formula is C18H17F2N5O3. The van der Waals surface area contributed by atoms with E-state index in [0.717, 1.165) is 23.5 Å². The van der Waals surface area contributed by atoms with Gasteiger partial charge in [0, 0.05) is 24.9 Å². The third kappa shape index (κ3) is 3.33. The van der Waals surface area contributed by atoms with Crippen molar-refractivity contribution in [1.29, 1.82) is 0 Å². The summed E-state index contributed by atoms with van der Waals surface area (Å²) < 4.78 is 34.1. The maximum atomic E-state index is 14.2. The molecule has 0 bridgehead atoms. The van der Waals surface area contributed by atoms with Gasteiger partial charge in [0.15, 0.2) is 17.5 Å². The summed E-state index contributed by atoms with van der Waals surface area (Å²) in [5, 5.41) is 8.87. The highest BCUT2D eigenvalue weighted by Crippen LogP contribution is 2.22. The van der Waals surface area contributed by atoms with Crippen LogP contribution in [0.4, 0.5) is 8.78 Å². The lowest BCUT2D eigenvalue weighted by atomic mass is 10.2. The molecule has 0 aliphatic carbocycles. The van der Waals surface area contributed by atoms with E-state index in [2.05, 4.69) is 20.5 Å². The van der Waals surface area contributed by atoms with E-state index in [1.54, 1.807) is 0 Å². The van der Waals surface area contributed by atoms with Gasteiger partial charge >= 0.3 is 5.69 Å². The normalized spacial score (nSPS) is 16.4. The zero-order valence-corrected chi connectivity index (χ0v) is 14.7. The Kier molecular flexibility index (Phi) is 4.78. The smallest absolute Gasteiger partial charge is 0.348 e. The van der Waals surface area contributed by atoms with Crippen LogP contribution in [0.1, 0.15) is 23.3 Å². The third-order valence-electron chi connectivity index (χ3n) is 4.54. The number of carbonyl (C=O) groups is 1. The van der Waals surface area contributed by atoms with Crippen LogP contribution in [0.3, 0.4) is 0 Å². The topological polar surface area (TPSA) is 105 Å². The monoisotopic (exact) mass is 389 g/mol. The molecule has 10 heteroatoms. The van der Waals surface area contributed by atoms with Crippen LogP contribution < -0.4 is 11.0 Å². The Morgan fingerprint density at radius 1 is 1.39 bits per heavy atom. The number of amides is 1. The van der Waals surface area contributed by atoms with Crippen molar-refractivity contribution in [2.45, 2.75) is 18.9 Å². The van der Waals surface area contributed by atoms with E-state index in [4.69, 9.17) is 4.74 Å². The van der Waals surface area contributed by atoms with Gasteiger partial charge in [-0.1, -0.05) is 6.07 Å². The van der Waals surface area contributed by atoms with Gasteiger partial charge in [0.2, 0.25) is 0 Å². The third-order valence-corrected chi connectivity index (χ3v) is 4.54. The van der Waals surface area contributed by atoms with Crippen molar-refractivity contribution in [1.82, 2.24) is 25.1 Å². The molecule has 3 aromatic rings. The van der Waals surface area contributed by atoms with E-state index in [1.165, 1.54) is 24.4 Å². The highest BCUT2D eigenvalue weighted by Gasteiger charge is 2.21. The SMILES string of the molecule is O=C(NC[C@@H]1CCCO1)c1cc(-c2n[nH]c(=O)n2-c2cccc(F)c2F)c[nH]1. The van der Waals surface area contributed by atoms with Crippen molar-refractivity contribution >= 4 is 5.91 Å². The molecule has 4 rings (SSSR count). The summed E-state index contributed by atoms with van der Waals surface area (Å²) in [5.74, 6) is -2.55. The molecule has 1 aliphatic rings. The van der Waals surface area contributed by atoms with E-state index in [-0.39, 0.29) is 29.2 Å². The maximum absolute atomic E-state index is 14.2. The average molecular weight is 389 g/mol. The lowest BCUT2D eigenvalue weighted by Crippen LogP contribution is -2.31. The van der Waals surface area contributed by atoms with Gasteiger partial charge in [-0.05, 0) is 31.0 Å². The molecule has 3 N–H and O–H groups in total. The van der Waals surface area contributed by atoms with Crippen LogP contribution in [0.25, 0.3) is 17.1 Å².